The van der Waals surface area contributed by atoms with Crippen LogP contribution in [0.3, 0.4) is 0 Å². The summed E-state index contributed by atoms with van der Waals surface area (Å²) in [5.41, 5.74) is 10.6. The van der Waals surface area contributed by atoms with Crippen LogP contribution in [0.2, 0.25) is 0 Å². The van der Waals surface area contributed by atoms with Crippen LogP contribution in [-0.4, -0.2) is 5.11 Å². The van der Waals surface area contributed by atoms with Crippen LogP contribution >= 0.6 is 0 Å². The molecule has 1 heteroatoms. The lowest BCUT2D eigenvalue weighted by Gasteiger charge is -2.16. The van der Waals surface area contributed by atoms with Gasteiger partial charge in [-0.1, -0.05) is 66.7 Å². The molecule has 0 bridgehead atoms. The van der Waals surface area contributed by atoms with E-state index in [-0.39, 0.29) is 0 Å². The van der Waals surface area contributed by atoms with Crippen LogP contribution in [-0.2, 0) is 0 Å². The summed E-state index contributed by atoms with van der Waals surface area (Å²) in [5, 5.41) is 10.4. The van der Waals surface area contributed by atoms with Gasteiger partial charge in [0.25, 0.3) is 0 Å². The molecule has 0 heterocycles. The third-order valence-electron chi connectivity index (χ3n) is 4.43. The normalized spacial score (nSPS) is 10.2. The van der Waals surface area contributed by atoms with Crippen molar-refractivity contribution in [3.63, 3.8) is 0 Å². The molecule has 1 N–H and O–H groups in total. The van der Waals surface area contributed by atoms with Gasteiger partial charge in [-0.05, 0) is 60.2 Å². The van der Waals surface area contributed by atoms with Gasteiger partial charge in [-0.2, -0.15) is 0 Å². The predicted octanol–water partition coefficient (Wildman–Crippen LogP) is 6.06. The molecule has 3 rings (SSSR count). The number of aryl methyl sites for hydroxylation is 2. The predicted molar refractivity (Wildman–Crippen MR) is 106 cm³/mol. The molecule has 0 amide bonds. The van der Waals surface area contributed by atoms with E-state index >= 15 is 0 Å². The van der Waals surface area contributed by atoms with Crippen LogP contribution in [0.4, 0.5) is 0 Å². The Morgan fingerprint density at radius 3 is 2.08 bits per heavy atom. The molecule has 1 nitrogen and oxygen atoms in total. The summed E-state index contributed by atoms with van der Waals surface area (Å²) >= 11 is 0. The average Bonchev–Trinajstić information content (AvgIpc) is 2.64. The smallest absolute Gasteiger partial charge is 0.122 e. The zero-order valence-corrected chi connectivity index (χ0v) is 14.9. The van der Waals surface area contributed by atoms with Gasteiger partial charge >= 0.3 is 0 Å². The summed E-state index contributed by atoms with van der Waals surface area (Å²) in [6.45, 7) is 5.99. The second-order valence-corrected chi connectivity index (χ2v) is 6.30. The maximum Gasteiger partial charge on any atom is 0.122 e. The van der Waals surface area contributed by atoms with Crippen LogP contribution in [0.25, 0.3) is 11.6 Å². The maximum atomic E-state index is 10.4. The summed E-state index contributed by atoms with van der Waals surface area (Å²) < 4.78 is 0. The lowest BCUT2D eigenvalue weighted by Crippen LogP contribution is -1.97. The number of aromatic hydroxyl groups is 1. The Balaban J connectivity index is 2.28. The second-order valence-electron chi connectivity index (χ2n) is 6.30. The van der Waals surface area contributed by atoms with Gasteiger partial charge in [0, 0.05) is 5.57 Å². The highest BCUT2D eigenvalue weighted by Gasteiger charge is 2.15. The average molecular weight is 326 g/mol. The first-order valence-corrected chi connectivity index (χ1v) is 8.45. The van der Waals surface area contributed by atoms with Gasteiger partial charge in [-0.3, -0.25) is 0 Å². The van der Waals surface area contributed by atoms with Crippen molar-refractivity contribution in [1.82, 2.24) is 0 Å². The second kappa shape index (κ2) is 7.25. The first-order valence-electron chi connectivity index (χ1n) is 8.45. The number of hydrogen-bond donors (Lipinski definition) is 1. The number of hydrogen-bond acceptors (Lipinski definition) is 1. The van der Waals surface area contributed by atoms with Gasteiger partial charge in [0.15, 0.2) is 0 Å². The van der Waals surface area contributed by atoms with Gasteiger partial charge < -0.3 is 5.11 Å². The molecular weight excluding hydrogens is 304 g/mol. The SMILES string of the molecule is Cc1cc(C)c(C(=C=Cc2ccccc2)c2ccccc2)c(C)c1O. The fraction of sp³-hybridized carbons (Fsp3) is 0.125. The standard InChI is InChI=1S/C24H22O/c1-17-16-18(2)24(25)19(3)23(17)22(21-12-8-5-9-13-21)15-14-20-10-6-4-7-11-20/h4-14,16,25H,1-3H3. The minimum atomic E-state index is 0.357. The molecule has 0 spiro atoms. The Morgan fingerprint density at radius 1 is 0.840 bits per heavy atom. The van der Waals surface area contributed by atoms with E-state index in [1.807, 2.05) is 62.4 Å². The van der Waals surface area contributed by atoms with Crippen molar-refractivity contribution in [2.75, 3.05) is 0 Å². The molecule has 0 saturated carbocycles. The van der Waals surface area contributed by atoms with E-state index in [0.29, 0.717) is 5.75 Å². The van der Waals surface area contributed by atoms with Crippen molar-refractivity contribution in [3.05, 3.63) is 106 Å². The van der Waals surface area contributed by atoms with E-state index in [2.05, 4.69) is 36.9 Å². The Morgan fingerprint density at radius 2 is 1.44 bits per heavy atom. The molecule has 0 fully saturated rings. The van der Waals surface area contributed by atoms with Gasteiger partial charge in [-0.15, -0.1) is 5.73 Å². The van der Waals surface area contributed by atoms with E-state index in [1.54, 1.807) is 0 Å². The van der Waals surface area contributed by atoms with Crippen molar-refractivity contribution in [2.24, 2.45) is 0 Å². The third-order valence-corrected chi connectivity index (χ3v) is 4.43. The molecular formula is C24H22O. The lowest BCUT2D eigenvalue weighted by atomic mass is 9.89. The largest absolute Gasteiger partial charge is 0.507 e. The Kier molecular flexibility index (Phi) is 4.88. The van der Waals surface area contributed by atoms with Crippen LogP contribution < -0.4 is 0 Å². The zero-order chi connectivity index (χ0) is 17.8. The van der Waals surface area contributed by atoms with Crippen LogP contribution in [0, 0.1) is 20.8 Å². The molecule has 0 aliphatic carbocycles. The fourth-order valence-electron chi connectivity index (χ4n) is 3.17. The highest BCUT2D eigenvalue weighted by molar-refractivity contribution is 5.85. The van der Waals surface area contributed by atoms with E-state index < -0.39 is 0 Å². The molecule has 0 saturated heterocycles. The Labute approximate surface area is 149 Å². The molecule has 124 valence electrons. The quantitative estimate of drug-likeness (QED) is 0.580. The van der Waals surface area contributed by atoms with Crippen molar-refractivity contribution in [1.29, 1.82) is 0 Å². The fourth-order valence-corrected chi connectivity index (χ4v) is 3.17. The summed E-state index contributed by atoms with van der Waals surface area (Å²) in [6.07, 6.45) is 2.00. The maximum absolute atomic E-state index is 10.4. The van der Waals surface area contributed by atoms with Crippen molar-refractivity contribution < 1.29 is 5.11 Å². The lowest BCUT2D eigenvalue weighted by molar-refractivity contribution is 0.466. The molecule has 0 atom stereocenters. The van der Waals surface area contributed by atoms with E-state index in [9.17, 15) is 5.11 Å². The Hall–Kier alpha value is -3.02. The molecule has 0 unspecified atom stereocenters. The van der Waals surface area contributed by atoms with Gasteiger partial charge in [0.1, 0.15) is 5.75 Å². The van der Waals surface area contributed by atoms with Gasteiger partial charge in [0.2, 0.25) is 0 Å². The molecule has 0 aliphatic heterocycles. The zero-order valence-electron chi connectivity index (χ0n) is 14.9. The third kappa shape index (κ3) is 3.57. The van der Waals surface area contributed by atoms with Crippen molar-refractivity contribution in [2.45, 2.75) is 20.8 Å². The van der Waals surface area contributed by atoms with Crippen molar-refractivity contribution in [3.8, 4) is 5.75 Å². The molecule has 0 aliphatic rings. The number of rotatable bonds is 3. The molecule has 0 radical (unpaired) electrons. The number of benzene rings is 3. The van der Waals surface area contributed by atoms with Crippen molar-refractivity contribution >= 4 is 11.6 Å². The van der Waals surface area contributed by atoms with Crippen LogP contribution in [0.5, 0.6) is 5.75 Å². The minimum Gasteiger partial charge on any atom is -0.507 e. The van der Waals surface area contributed by atoms with E-state index in [1.165, 1.54) is 0 Å². The number of phenolic OH excluding ortho intramolecular Hbond substituents is 1. The topological polar surface area (TPSA) is 20.2 Å². The Bertz CT molecular complexity index is 944. The number of phenols is 1. The van der Waals surface area contributed by atoms with Gasteiger partial charge in [0.05, 0.1) is 0 Å². The van der Waals surface area contributed by atoms with Gasteiger partial charge in [-0.25, -0.2) is 0 Å². The molecule has 3 aromatic rings. The summed E-state index contributed by atoms with van der Waals surface area (Å²) in [5.74, 6) is 0.357. The first kappa shape index (κ1) is 16.8. The molecule has 3 aromatic carbocycles. The molecule has 25 heavy (non-hydrogen) atoms. The van der Waals surface area contributed by atoms with E-state index in [0.717, 1.165) is 39.0 Å². The monoisotopic (exact) mass is 326 g/mol. The first-order chi connectivity index (χ1) is 12.1. The highest BCUT2D eigenvalue weighted by Crippen LogP contribution is 2.35. The van der Waals surface area contributed by atoms with E-state index in [4.69, 9.17) is 0 Å². The minimum absolute atomic E-state index is 0.357. The summed E-state index contributed by atoms with van der Waals surface area (Å²) in [4.78, 5) is 0. The van der Waals surface area contributed by atoms with Crippen LogP contribution in [0.1, 0.15) is 33.4 Å². The summed E-state index contributed by atoms with van der Waals surface area (Å²) in [7, 11) is 0. The molecule has 0 aromatic heterocycles. The van der Waals surface area contributed by atoms with Crippen LogP contribution in [0.15, 0.2) is 72.5 Å². The summed E-state index contributed by atoms with van der Waals surface area (Å²) in [6, 6.07) is 22.4. The highest BCUT2D eigenvalue weighted by atomic mass is 16.3.